The van der Waals surface area contributed by atoms with Crippen molar-refractivity contribution in [3.05, 3.63) is 59.7 Å². The standard InChI is InChI=1S/C21H22N2O5/c1-13(2)23(12-19(24)25)21(27)15-7-5-8-16(10-15)22-20(26)18-11-14-6-3-4-9-17(14)28-18/h3-10,13,18H,11-12H2,1-2H3,(H,22,26)(H,24,25). The van der Waals surface area contributed by atoms with Crippen molar-refractivity contribution in [2.75, 3.05) is 11.9 Å². The van der Waals surface area contributed by atoms with Crippen LogP contribution in [0.1, 0.15) is 29.8 Å². The van der Waals surface area contributed by atoms with Gasteiger partial charge in [0.1, 0.15) is 12.3 Å². The van der Waals surface area contributed by atoms with Gasteiger partial charge in [0, 0.05) is 23.7 Å². The third kappa shape index (κ3) is 4.31. The highest BCUT2D eigenvalue weighted by Crippen LogP contribution is 2.28. The summed E-state index contributed by atoms with van der Waals surface area (Å²) in [6.07, 6.45) is -0.142. The Morgan fingerprint density at radius 1 is 1.18 bits per heavy atom. The molecule has 7 heteroatoms. The summed E-state index contributed by atoms with van der Waals surface area (Å²) < 4.78 is 5.68. The number of carbonyl (C=O) groups is 3. The first kappa shape index (κ1) is 19.4. The van der Waals surface area contributed by atoms with Crippen LogP contribution >= 0.6 is 0 Å². The molecule has 2 N–H and O–H groups in total. The molecule has 0 saturated carbocycles. The number of nitrogens with one attached hydrogen (secondary N) is 1. The lowest BCUT2D eigenvalue weighted by Gasteiger charge is -2.25. The van der Waals surface area contributed by atoms with Crippen LogP contribution in [-0.4, -0.2) is 46.5 Å². The van der Waals surface area contributed by atoms with Crippen LogP contribution in [0.2, 0.25) is 0 Å². The van der Waals surface area contributed by atoms with Crippen molar-refractivity contribution in [2.24, 2.45) is 0 Å². The van der Waals surface area contributed by atoms with Crippen LogP contribution in [0.25, 0.3) is 0 Å². The maximum absolute atomic E-state index is 12.7. The molecule has 7 nitrogen and oxygen atoms in total. The van der Waals surface area contributed by atoms with Gasteiger partial charge in [0.25, 0.3) is 11.8 Å². The molecule has 0 spiro atoms. The Kier molecular flexibility index (Phi) is 5.63. The number of hydrogen-bond acceptors (Lipinski definition) is 4. The van der Waals surface area contributed by atoms with E-state index in [1.54, 1.807) is 38.1 Å². The Bertz CT molecular complexity index is 884. The first-order valence-electron chi connectivity index (χ1n) is 9.03. The number of para-hydroxylation sites is 1. The van der Waals surface area contributed by atoms with Gasteiger partial charge in [-0.2, -0.15) is 0 Å². The number of carbonyl (C=O) groups excluding carboxylic acids is 2. The summed E-state index contributed by atoms with van der Waals surface area (Å²) in [6.45, 7) is 3.12. The number of carboxylic acid groups (broad SMARTS) is 1. The summed E-state index contributed by atoms with van der Waals surface area (Å²) in [6, 6.07) is 13.7. The molecule has 1 aliphatic heterocycles. The lowest BCUT2D eigenvalue weighted by molar-refractivity contribution is -0.138. The van der Waals surface area contributed by atoms with E-state index in [4.69, 9.17) is 9.84 Å². The van der Waals surface area contributed by atoms with Crippen LogP contribution in [0.3, 0.4) is 0 Å². The second kappa shape index (κ2) is 8.12. The molecule has 0 fully saturated rings. The summed E-state index contributed by atoms with van der Waals surface area (Å²) in [4.78, 5) is 37.5. The van der Waals surface area contributed by atoms with E-state index >= 15 is 0 Å². The van der Waals surface area contributed by atoms with Crippen LogP contribution in [-0.2, 0) is 16.0 Å². The minimum absolute atomic E-state index is 0.271. The summed E-state index contributed by atoms with van der Waals surface area (Å²) in [7, 11) is 0. The van der Waals surface area contributed by atoms with Crippen LogP contribution in [0.15, 0.2) is 48.5 Å². The molecule has 146 valence electrons. The third-order valence-corrected chi connectivity index (χ3v) is 4.51. The molecule has 2 aromatic rings. The maximum atomic E-state index is 12.7. The average Bonchev–Trinajstić information content (AvgIpc) is 3.10. The van der Waals surface area contributed by atoms with Crippen molar-refractivity contribution in [3.8, 4) is 5.75 Å². The molecule has 28 heavy (non-hydrogen) atoms. The molecule has 1 unspecified atom stereocenters. The number of hydrogen-bond donors (Lipinski definition) is 2. The summed E-state index contributed by atoms with van der Waals surface area (Å²) in [5.74, 6) is -1.08. The van der Waals surface area contributed by atoms with E-state index in [2.05, 4.69) is 5.32 Å². The van der Waals surface area contributed by atoms with Crippen molar-refractivity contribution >= 4 is 23.5 Å². The highest BCUT2D eigenvalue weighted by Gasteiger charge is 2.29. The molecule has 0 aliphatic carbocycles. The number of rotatable bonds is 6. The number of nitrogens with zero attached hydrogens (tertiary/aromatic N) is 1. The number of ether oxygens (including phenoxy) is 1. The van der Waals surface area contributed by atoms with Gasteiger partial charge in [-0.1, -0.05) is 24.3 Å². The molecule has 0 radical (unpaired) electrons. The molecule has 0 aromatic heterocycles. The zero-order chi connectivity index (χ0) is 20.3. The minimum atomic E-state index is -1.08. The number of fused-ring (bicyclic) bond motifs is 1. The van der Waals surface area contributed by atoms with Gasteiger partial charge in [-0.05, 0) is 43.7 Å². The van der Waals surface area contributed by atoms with Crippen molar-refractivity contribution < 1.29 is 24.2 Å². The first-order valence-corrected chi connectivity index (χ1v) is 9.03. The molecule has 3 rings (SSSR count). The number of amides is 2. The Balaban J connectivity index is 1.70. The van der Waals surface area contributed by atoms with Crippen LogP contribution in [0.5, 0.6) is 5.75 Å². The number of carboxylic acids is 1. The van der Waals surface area contributed by atoms with Gasteiger partial charge in [-0.15, -0.1) is 0 Å². The predicted molar refractivity (Wildman–Crippen MR) is 103 cm³/mol. The Hall–Kier alpha value is -3.35. The second-order valence-corrected chi connectivity index (χ2v) is 6.91. The van der Waals surface area contributed by atoms with Crippen molar-refractivity contribution in [3.63, 3.8) is 0 Å². The lowest BCUT2D eigenvalue weighted by atomic mass is 10.1. The van der Waals surface area contributed by atoms with E-state index in [0.29, 0.717) is 23.4 Å². The molecule has 1 aliphatic rings. The quantitative estimate of drug-likeness (QED) is 0.801. The van der Waals surface area contributed by atoms with Crippen LogP contribution in [0, 0.1) is 0 Å². The fraction of sp³-hybridized carbons (Fsp3) is 0.286. The Morgan fingerprint density at radius 2 is 1.93 bits per heavy atom. The molecule has 0 saturated heterocycles. The van der Waals surface area contributed by atoms with Gasteiger partial charge in [0.2, 0.25) is 0 Å². The van der Waals surface area contributed by atoms with Crippen LogP contribution < -0.4 is 10.1 Å². The zero-order valence-electron chi connectivity index (χ0n) is 15.7. The average molecular weight is 382 g/mol. The summed E-state index contributed by atoms with van der Waals surface area (Å²) in [5.41, 5.74) is 1.74. The maximum Gasteiger partial charge on any atom is 0.323 e. The van der Waals surface area contributed by atoms with Gasteiger partial charge in [-0.3, -0.25) is 14.4 Å². The number of benzene rings is 2. The smallest absolute Gasteiger partial charge is 0.323 e. The molecule has 0 bridgehead atoms. The van der Waals surface area contributed by atoms with E-state index in [1.807, 2.05) is 24.3 Å². The molecular weight excluding hydrogens is 360 g/mol. The molecule has 2 amide bonds. The predicted octanol–water partition coefficient (Wildman–Crippen LogP) is 2.56. The fourth-order valence-corrected chi connectivity index (χ4v) is 3.08. The van der Waals surface area contributed by atoms with Gasteiger partial charge in [0.05, 0.1) is 0 Å². The van der Waals surface area contributed by atoms with E-state index in [0.717, 1.165) is 5.56 Å². The molecule has 2 aromatic carbocycles. The van der Waals surface area contributed by atoms with E-state index in [-0.39, 0.29) is 18.5 Å². The summed E-state index contributed by atoms with van der Waals surface area (Å²) in [5, 5.41) is 11.8. The highest BCUT2D eigenvalue weighted by molar-refractivity contribution is 5.99. The Labute approximate surface area is 162 Å². The normalized spacial score (nSPS) is 14.9. The summed E-state index contributed by atoms with van der Waals surface area (Å²) >= 11 is 0. The molecule has 1 atom stereocenters. The van der Waals surface area contributed by atoms with Gasteiger partial charge < -0.3 is 20.1 Å². The van der Waals surface area contributed by atoms with Gasteiger partial charge in [0.15, 0.2) is 6.10 Å². The second-order valence-electron chi connectivity index (χ2n) is 6.91. The molecule has 1 heterocycles. The SMILES string of the molecule is CC(C)N(CC(=O)O)C(=O)c1cccc(NC(=O)C2Cc3ccccc3O2)c1. The number of anilines is 1. The van der Waals surface area contributed by atoms with Crippen molar-refractivity contribution in [1.29, 1.82) is 0 Å². The monoisotopic (exact) mass is 382 g/mol. The van der Waals surface area contributed by atoms with Crippen molar-refractivity contribution in [1.82, 2.24) is 4.90 Å². The third-order valence-electron chi connectivity index (χ3n) is 4.51. The van der Waals surface area contributed by atoms with E-state index in [9.17, 15) is 14.4 Å². The number of aliphatic carboxylic acids is 1. The van der Waals surface area contributed by atoms with E-state index < -0.39 is 18.0 Å². The Morgan fingerprint density at radius 3 is 2.61 bits per heavy atom. The fourth-order valence-electron chi connectivity index (χ4n) is 3.08. The topological polar surface area (TPSA) is 95.9 Å². The highest BCUT2D eigenvalue weighted by atomic mass is 16.5. The first-order chi connectivity index (χ1) is 13.3. The lowest BCUT2D eigenvalue weighted by Crippen LogP contribution is -2.40. The molecular formula is C21H22N2O5. The van der Waals surface area contributed by atoms with Crippen molar-refractivity contribution in [2.45, 2.75) is 32.4 Å². The zero-order valence-corrected chi connectivity index (χ0v) is 15.7. The van der Waals surface area contributed by atoms with Crippen LogP contribution in [0.4, 0.5) is 5.69 Å². The minimum Gasteiger partial charge on any atom is -0.480 e. The van der Waals surface area contributed by atoms with E-state index in [1.165, 1.54) is 4.90 Å². The largest absolute Gasteiger partial charge is 0.480 e. The van der Waals surface area contributed by atoms with Gasteiger partial charge in [-0.25, -0.2) is 0 Å². The van der Waals surface area contributed by atoms with Gasteiger partial charge >= 0.3 is 5.97 Å².